The molecule has 0 unspecified atom stereocenters. The van der Waals surface area contributed by atoms with Crippen LogP contribution in [0.3, 0.4) is 0 Å². The zero-order chi connectivity index (χ0) is 11.7. The van der Waals surface area contributed by atoms with Gasteiger partial charge < -0.3 is 15.2 Å². The normalized spacial score (nSPS) is 15.4. The van der Waals surface area contributed by atoms with Gasteiger partial charge in [-0.2, -0.15) is 4.98 Å². The van der Waals surface area contributed by atoms with Crippen molar-refractivity contribution < 1.29 is 4.52 Å². The Labute approximate surface area is 99.2 Å². The fourth-order valence-corrected chi connectivity index (χ4v) is 2.05. The molecular formula is C12H14N4O. The van der Waals surface area contributed by atoms with Crippen LogP contribution >= 0.6 is 0 Å². The van der Waals surface area contributed by atoms with E-state index >= 15 is 0 Å². The summed E-state index contributed by atoms with van der Waals surface area (Å²) in [5.74, 6) is 1.21. The minimum absolute atomic E-state index is 0.527. The maximum Gasteiger partial charge on any atom is 0.266 e. The molecule has 5 heteroatoms. The van der Waals surface area contributed by atoms with Gasteiger partial charge in [-0.05, 0) is 36.2 Å². The summed E-state index contributed by atoms with van der Waals surface area (Å²) in [5, 5.41) is 4.00. The van der Waals surface area contributed by atoms with Gasteiger partial charge in [0.25, 0.3) is 11.8 Å². The van der Waals surface area contributed by atoms with Gasteiger partial charge in [0.05, 0.1) is 0 Å². The van der Waals surface area contributed by atoms with Gasteiger partial charge in [0.15, 0.2) is 0 Å². The minimum Gasteiger partial charge on any atom is -0.399 e. The fourth-order valence-electron chi connectivity index (χ4n) is 2.05. The van der Waals surface area contributed by atoms with E-state index in [1.165, 1.54) is 12.8 Å². The molecule has 17 heavy (non-hydrogen) atoms. The number of hydrogen-bond acceptors (Lipinski definition) is 5. The number of benzene rings is 1. The lowest BCUT2D eigenvalue weighted by Gasteiger charge is -2.09. The molecular weight excluding hydrogens is 216 g/mol. The SMILES string of the molecule is Nc1cccc(-c2nc(N3CCCC3)no2)c1. The first-order chi connectivity index (χ1) is 8.33. The summed E-state index contributed by atoms with van der Waals surface area (Å²) in [4.78, 5) is 6.53. The summed E-state index contributed by atoms with van der Waals surface area (Å²) in [6.07, 6.45) is 2.39. The molecule has 2 aromatic rings. The maximum atomic E-state index is 5.72. The number of nitrogen functional groups attached to an aromatic ring is 1. The number of nitrogens with two attached hydrogens (primary N) is 1. The smallest absolute Gasteiger partial charge is 0.266 e. The molecule has 3 rings (SSSR count). The number of rotatable bonds is 2. The second kappa shape index (κ2) is 4.08. The van der Waals surface area contributed by atoms with Crippen molar-refractivity contribution in [3.63, 3.8) is 0 Å². The fraction of sp³-hybridized carbons (Fsp3) is 0.333. The van der Waals surface area contributed by atoms with Crippen LogP contribution in [0, 0.1) is 0 Å². The molecule has 0 aliphatic carbocycles. The Bertz CT molecular complexity index is 517. The van der Waals surface area contributed by atoms with Crippen molar-refractivity contribution in [2.24, 2.45) is 0 Å². The van der Waals surface area contributed by atoms with Crippen LogP contribution < -0.4 is 10.6 Å². The summed E-state index contributed by atoms with van der Waals surface area (Å²) in [6.45, 7) is 2.02. The van der Waals surface area contributed by atoms with Crippen molar-refractivity contribution in [1.29, 1.82) is 0 Å². The van der Waals surface area contributed by atoms with Gasteiger partial charge in [0.2, 0.25) is 0 Å². The molecule has 0 amide bonds. The van der Waals surface area contributed by atoms with E-state index in [1.54, 1.807) is 0 Å². The van der Waals surface area contributed by atoms with Crippen LogP contribution in [-0.2, 0) is 0 Å². The van der Waals surface area contributed by atoms with E-state index in [1.807, 2.05) is 24.3 Å². The third-order valence-electron chi connectivity index (χ3n) is 2.94. The van der Waals surface area contributed by atoms with Crippen LogP contribution in [0.5, 0.6) is 0 Å². The average Bonchev–Trinajstić information content (AvgIpc) is 3.00. The molecule has 0 radical (unpaired) electrons. The molecule has 88 valence electrons. The van der Waals surface area contributed by atoms with Gasteiger partial charge in [-0.15, -0.1) is 0 Å². The molecule has 5 nitrogen and oxygen atoms in total. The Hall–Kier alpha value is -2.04. The van der Waals surface area contributed by atoms with E-state index < -0.39 is 0 Å². The van der Waals surface area contributed by atoms with Crippen LogP contribution in [0.4, 0.5) is 11.6 Å². The zero-order valence-electron chi connectivity index (χ0n) is 9.47. The average molecular weight is 230 g/mol. The van der Waals surface area contributed by atoms with Crippen molar-refractivity contribution in [2.75, 3.05) is 23.7 Å². The van der Waals surface area contributed by atoms with E-state index in [0.717, 1.165) is 18.7 Å². The second-order valence-electron chi connectivity index (χ2n) is 4.22. The number of aromatic nitrogens is 2. The Balaban J connectivity index is 1.89. The summed E-state index contributed by atoms with van der Waals surface area (Å²) in [7, 11) is 0. The topological polar surface area (TPSA) is 68.2 Å². The molecule has 1 aliphatic heterocycles. The molecule has 0 spiro atoms. The maximum absolute atomic E-state index is 5.72. The third kappa shape index (κ3) is 1.95. The van der Waals surface area contributed by atoms with Gasteiger partial charge >= 0.3 is 0 Å². The largest absolute Gasteiger partial charge is 0.399 e. The van der Waals surface area contributed by atoms with Crippen LogP contribution in [0.2, 0.25) is 0 Å². The van der Waals surface area contributed by atoms with Gasteiger partial charge in [-0.3, -0.25) is 0 Å². The first-order valence-corrected chi connectivity index (χ1v) is 5.77. The molecule has 2 N–H and O–H groups in total. The Kier molecular flexibility index (Phi) is 2.44. The highest BCUT2D eigenvalue weighted by atomic mass is 16.5. The van der Waals surface area contributed by atoms with E-state index in [9.17, 15) is 0 Å². The van der Waals surface area contributed by atoms with E-state index in [-0.39, 0.29) is 0 Å². The molecule has 2 heterocycles. The van der Waals surface area contributed by atoms with Crippen LogP contribution in [-0.4, -0.2) is 23.2 Å². The van der Waals surface area contributed by atoms with Crippen LogP contribution in [0.25, 0.3) is 11.5 Å². The van der Waals surface area contributed by atoms with Crippen molar-refractivity contribution in [1.82, 2.24) is 10.1 Å². The van der Waals surface area contributed by atoms with Crippen molar-refractivity contribution in [3.8, 4) is 11.5 Å². The number of anilines is 2. The van der Waals surface area contributed by atoms with Crippen molar-refractivity contribution in [2.45, 2.75) is 12.8 Å². The van der Waals surface area contributed by atoms with E-state index in [0.29, 0.717) is 17.5 Å². The van der Waals surface area contributed by atoms with E-state index in [4.69, 9.17) is 10.3 Å². The summed E-state index contributed by atoms with van der Waals surface area (Å²) >= 11 is 0. The number of hydrogen-bond donors (Lipinski definition) is 1. The van der Waals surface area contributed by atoms with Gasteiger partial charge in [0.1, 0.15) is 0 Å². The molecule has 1 fully saturated rings. The molecule has 0 saturated carbocycles. The first kappa shape index (κ1) is 10.1. The van der Waals surface area contributed by atoms with Crippen LogP contribution in [0.1, 0.15) is 12.8 Å². The lowest BCUT2D eigenvalue weighted by Crippen LogP contribution is -2.18. The van der Waals surface area contributed by atoms with Crippen LogP contribution in [0.15, 0.2) is 28.8 Å². The standard InChI is InChI=1S/C12H14N4O/c13-10-5-3-4-9(8-10)11-14-12(15-17-11)16-6-1-2-7-16/h3-5,8H,1-2,6-7,13H2. The lowest BCUT2D eigenvalue weighted by atomic mass is 10.2. The Morgan fingerprint density at radius 1 is 1.24 bits per heavy atom. The monoisotopic (exact) mass is 230 g/mol. The third-order valence-corrected chi connectivity index (χ3v) is 2.94. The molecule has 1 aromatic heterocycles. The summed E-state index contributed by atoms with van der Waals surface area (Å²) < 4.78 is 5.26. The molecule has 0 atom stereocenters. The van der Waals surface area contributed by atoms with Gasteiger partial charge in [-0.1, -0.05) is 6.07 Å². The van der Waals surface area contributed by atoms with Crippen molar-refractivity contribution >= 4 is 11.6 Å². The molecule has 0 bridgehead atoms. The highest BCUT2D eigenvalue weighted by molar-refractivity contribution is 5.60. The Morgan fingerprint density at radius 2 is 2.06 bits per heavy atom. The molecule has 1 aliphatic rings. The predicted molar refractivity (Wildman–Crippen MR) is 65.6 cm³/mol. The lowest BCUT2D eigenvalue weighted by molar-refractivity contribution is 0.430. The second-order valence-corrected chi connectivity index (χ2v) is 4.22. The van der Waals surface area contributed by atoms with Gasteiger partial charge in [-0.25, -0.2) is 0 Å². The molecule has 1 saturated heterocycles. The zero-order valence-corrected chi connectivity index (χ0v) is 9.47. The summed E-state index contributed by atoms with van der Waals surface area (Å²) in [5.41, 5.74) is 7.29. The van der Waals surface area contributed by atoms with Crippen molar-refractivity contribution in [3.05, 3.63) is 24.3 Å². The predicted octanol–water partition coefficient (Wildman–Crippen LogP) is 1.92. The first-order valence-electron chi connectivity index (χ1n) is 5.77. The highest BCUT2D eigenvalue weighted by Crippen LogP contribution is 2.23. The quantitative estimate of drug-likeness (QED) is 0.798. The summed E-state index contributed by atoms with van der Waals surface area (Å²) in [6, 6.07) is 7.46. The number of nitrogens with zero attached hydrogens (tertiary/aromatic N) is 3. The van der Waals surface area contributed by atoms with E-state index in [2.05, 4.69) is 15.0 Å². The highest BCUT2D eigenvalue weighted by Gasteiger charge is 2.18. The molecule has 1 aromatic carbocycles. The minimum atomic E-state index is 0.527. The van der Waals surface area contributed by atoms with Gasteiger partial charge in [0, 0.05) is 24.3 Å². The Morgan fingerprint density at radius 3 is 2.82 bits per heavy atom.